The minimum Gasteiger partial charge on any atom is -0.493 e. The molecule has 0 aromatic heterocycles. The van der Waals surface area contributed by atoms with Crippen LogP contribution in [0.5, 0.6) is 11.5 Å². The highest BCUT2D eigenvalue weighted by atomic mass is 32.2. The van der Waals surface area contributed by atoms with E-state index in [9.17, 15) is 13.2 Å². The predicted molar refractivity (Wildman–Crippen MR) is 118 cm³/mol. The standard InChI is InChI=1S/C24H29NO5S/c1-23(2,3)15-10-12-16(13-11-15)31(27,28)21-18-14-24(4,25(5)22(21)26)30-20-17(18)8-7-9-19(20)29-6/h7-13,18,21H,14H2,1-6H3/t18-,21+,24+/m1/s1. The second-order valence-corrected chi connectivity index (χ2v) is 11.7. The van der Waals surface area contributed by atoms with Crippen molar-refractivity contribution < 1.29 is 22.7 Å². The molecule has 2 aromatic carbocycles. The lowest BCUT2D eigenvalue weighted by Crippen LogP contribution is -2.64. The van der Waals surface area contributed by atoms with Crippen molar-refractivity contribution in [1.82, 2.24) is 4.90 Å². The Morgan fingerprint density at radius 3 is 2.35 bits per heavy atom. The van der Waals surface area contributed by atoms with Crippen molar-refractivity contribution in [2.24, 2.45) is 0 Å². The summed E-state index contributed by atoms with van der Waals surface area (Å²) in [5.41, 5.74) is 0.692. The molecule has 4 rings (SSSR count). The summed E-state index contributed by atoms with van der Waals surface area (Å²) in [5, 5.41) is -1.22. The van der Waals surface area contributed by atoms with Crippen LogP contribution in [0.15, 0.2) is 47.4 Å². The minimum absolute atomic E-state index is 0.0960. The lowest BCUT2D eigenvalue weighted by Gasteiger charge is -2.51. The van der Waals surface area contributed by atoms with Crippen LogP contribution >= 0.6 is 0 Å². The van der Waals surface area contributed by atoms with Crippen molar-refractivity contribution in [3.05, 3.63) is 53.6 Å². The maximum atomic E-state index is 13.8. The maximum absolute atomic E-state index is 13.8. The first-order valence-electron chi connectivity index (χ1n) is 10.4. The zero-order chi connectivity index (χ0) is 22.8. The molecule has 0 unspecified atom stereocenters. The second-order valence-electron chi connectivity index (χ2n) is 9.60. The SMILES string of the molecule is COc1cccc2c1O[C@@]1(C)C[C@H]2[C@H](S(=O)(=O)c2ccc(C(C)(C)C)cc2)C(=O)N1C. The van der Waals surface area contributed by atoms with Crippen LogP contribution in [-0.4, -0.2) is 44.4 Å². The zero-order valence-corrected chi connectivity index (χ0v) is 19.6. The zero-order valence-electron chi connectivity index (χ0n) is 18.8. The second kappa shape index (κ2) is 6.99. The summed E-state index contributed by atoms with van der Waals surface area (Å²) in [6.07, 6.45) is 0.388. The van der Waals surface area contributed by atoms with Gasteiger partial charge in [0.05, 0.1) is 12.0 Å². The van der Waals surface area contributed by atoms with E-state index in [1.165, 1.54) is 4.90 Å². The quantitative estimate of drug-likeness (QED) is 0.720. The molecule has 6 nitrogen and oxygen atoms in total. The number of carbonyl (C=O) groups excluding carboxylic acids is 1. The van der Waals surface area contributed by atoms with Gasteiger partial charge in [0.1, 0.15) is 0 Å². The van der Waals surface area contributed by atoms with Gasteiger partial charge in [-0.3, -0.25) is 4.79 Å². The Morgan fingerprint density at radius 2 is 1.77 bits per heavy atom. The van der Waals surface area contributed by atoms with E-state index in [0.717, 1.165) is 5.56 Å². The number of methoxy groups -OCH3 is 1. The summed E-state index contributed by atoms with van der Waals surface area (Å²) < 4.78 is 39.2. The number of rotatable bonds is 3. The molecule has 7 heteroatoms. The van der Waals surface area contributed by atoms with Gasteiger partial charge in [0.25, 0.3) is 0 Å². The lowest BCUT2D eigenvalue weighted by molar-refractivity contribution is -0.160. The van der Waals surface area contributed by atoms with Crippen molar-refractivity contribution in [2.45, 2.75) is 61.3 Å². The number of likely N-dealkylation sites (tertiary alicyclic amines) is 1. The van der Waals surface area contributed by atoms with E-state index in [4.69, 9.17) is 9.47 Å². The van der Waals surface area contributed by atoms with Crippen LogP contribution in [0.4, 0.5) is 0 Å². The fourth-order valence-electron chi connectivity index (χ4n) is 4.59. The monoisotopic (exact) mass is 443 g/mol. The normalized spacial score (nSPS) is 25.6. The van der Waals surface area contributed by atoms with Gasteiger partial charge >= 0.3 is 0 Å². The first-order chi connectivity index (χ1) is 14.4. The number of benzene rings is 2. The molecule has 1 amide bonds. The average molecular weight is 444 g/mol. The van der Waals surface area contributed by atoms with E-state index in [-0.39, 0.29) is 10.3 Å². The highest BCUT2D eigenvalue weighted by molar-refractivity contribution is 7.92. The van der Waals surface area contributed by atoms with Crippen molar-refractivity contribution in [3.63, 3.8) is 0 Å². The summed E-state index contributed by atoms with van der Waals surface area (Å²) >= 11 is 0. The first kappa shape index (κ1) is 21.7. The number of hydrogen-bond acceptors (Lipinski definition) is 5. The van der Waals surface area contributed by atoms with E-state index in [0.29, 0.717) is 23.5 Å². The van der Waals surface area contributed by atoms with Crippen molar-refractivity contribution in [3.8, 4) is 11.5 Å². The average Bonchev–Trinajstić information content (AvgIpc) is 2.71. The van der Waals surface area contributed by atoms with Crippen LogP contribution in [0.3, 0.4) is 0 Å². The molecule has 2 aliphatic heterocycles. The number of amides is 1. The maximum Gasteiger partial charge on any atom is 0.244 e. The fraction of sp³-hybridized carbons (Fsp3) is 0.458. The molecule has 0 radical (unpaired) electrons. The molecule has 0 spiro atoms. The van der Waals surface area contributed by atoms with E-state index in [1.54, 1.807) is 38.4 Å². The van der Waals surface area contributed by atoms with E-state index >= 15 is 0 Å². The summed E-state index contributed by atoms with van der Waals surface area (Å²) in [5.74, 6) is 0.0557. The molecule has 0 N–H and O–H groups in total. The Hall–Kier alpha value is -2.54. The van der Waals surface area contributed by atoms with Crippen molar-refractivity contribution in [2.75, 3.05) is 14.2 Å². The molecule has 1 saturated heterocycles. The van der Waals surface area contributed by atoms with Crippen LogP contribution in [0.25, 0.3) is 0 Å². The van der Waals surface area contributed by atoms with Gasteiger partial charge in [0, 0.05) is 24.9 Å². The molecule has 3 atom stereocenters. The number of para-hydroxylation sites is 1. The molecule has 31 heavy (non-hydrogen) atoms. The highest BCUT2D eigenvalue weighted by Crippen LogP contribution is 2.52. The van der Waals surface area contributed by atoms with Gasteiger partial charge in [-0.25, -0.2) is 8.42 Å². The third-order valence-corrected chi connectivity index (χ3v) is 8.71. The number of fused-ring (bicyclic) bond motifs is 4. The van der Waals surface area contributed by atoms with Gasteiger partial charge < -0.3 is 14.4 Å². The highest BCUT2D eigenvalue weighted by Gasteiger charge is 2.57. The smallest absolute Gasteiger partial charge is 0.244 e. The number of piperidine rings is 1. The molecule has 166 valence electrons. The largest absolute Gasteiger partial charge is 0.493 e. The summed E-state index contributed by atoms with van der Waals surface area (Å²) in [6, 6.07) is 12.3. The molecular formula is C24H29NO5S. The Labute approximate surface area is 184 Å². The number of ether oxygens (including phenoxy) is 2. The third kappa shape index (κ3) is 3.30. The van der Waals surface area contributed by atoms with Crippen molar-refractivity contribution >= 4 is 15.7 Å². The fourth-order valence-corrected chi connectivity index (χ4v) is 6.49. The molecule has 1 fully saturated rings. The number of hydrogen-bond donors (Lipinski definition) is 0. The lowest BCUT2D eigenvalue weighted by atomic mass is 9.80. The van der Waals surface area contributed by atoms with E-state index in [2.05, 4.69) is 20.8 Å². The van der Waals surface area contributed by atoms with Gasteiger partial charge in [0.2, 0.25) is 5.91 Å². The predicted octanol–water partition coefficient (Wildman–Crippen LogP) is 3.89. The number of nitrogens with zero attached hydrogens (tertiary/aromatic N) is 1. The number of carbonyl (C=O) groups is 1. The topological polar surface area (TPSA) is 72.9 Å². The Kier molecular flexibility index (Phi) is 4.89. The molecule has 2 aromatic rings. The van der Waals surface area contributed by atoms with Crippen LogP contribution < -0.4 is 9.47 Å². The third-order valence-electron chi connectivity index (χ3n) is 6.58. The van der Waals surface area contributed by atoms with Crippen molar-refractivity contribution in [1.29, 1.82) is 0 Å². The molecule has 0 saturated carbocycles. The summed E-state index contributed by atoms with van der Waals surface area (Å²) in [6.45, 7) is 8.03. The molecule has 2 heterocycles. The summed E-state index contributed by atoms with van der Waals surface area (Å²) in [7, 11) is -0.785. The van der Waals surface area contributed by atoms with Gasteiger partial charge in [-0.2, -0.15) is 0 Å². The van der Waals surface area contributed by atoms with Gasteiger partial charge in [0.15, 0.2) is 32.3 Å². The summed E-state index contributed by atoms with van der Waals surface area (Å²) in [4.78, 5) is 15.0. The van der Waals surface area contributed by atoms with E-state index in [1.807, 2.05) is 25.1 Å². The van der Waals surface area contributed by atoms with Crippen LogP contribution in [0.1, 0.15) is 51.2 Å². The van der Waals surface area contributed by atoms with Gasteiger partial charge in [-0.1, -0.05) is 45.0 Å². The minimum atomic E-state index is -3.93. The van der Waals surface area contributed by atoms with E-state index < -0.39 is 32.6 Å². The van der Waals surface area contributed by atoms with Crippen LogP contribution in [0, 0.1) is 0 Å². The Balaban J connectivity index is 1.85. The first-order valence-corrected chi connectivity index (χ1v) is 11.9. The Bertz CT molecular complexity index is 1130. The number of sulfone groups is 1. The van der Waals surface area contributed by atoms with Crippen LogP contribution in [0.2, 0.25) is 0 Å². The Morgan fingerprint density at radius 1 is 1.13 bits per heavy atom. The molecule has 2 aliphatic rings. The van der Waals surface area contributed by atoms with Gasteiger partial charge in [-0.15, -0.1) is 0 Å². The van der Waals surface area contributed by atoms with Gasteiger partial charge in [-0.05, 0) is 36.1 Å². The molecular weight excluding hydrogens is 414 g/mol. The molecule has 0 aliphatic carbocycles. The van der Waals surface area contributed by atoms with Crippen LogP contribution in [-0.2, 0) is 20.0 Å². The molecule has 2 bridgehead atoms.